The lowest BCUT2D eigenvalue weighted by Gasteiger charge is -2.40. The normalized spacial score (nSPS) is 24.0. The third kappa shape index (κ3) is 3.57. The van der Waals surface area contributed by atoms with Gasteiger partial charge in [-0.3, -0.25) is 14.9 Å². The van der Waals surface area contributed by atoms with Gasteiger partial charge >= 0.3 is 6.03 Å². The highest BCUT2D eigenvalue weighted by molar-refractivity contribution is 6.03. The summed E-state index contributed by atoms with van der Waals surface area (Å²) in [6, 6.07) is 4.97. The minimum Gasteiger partial charge on any atom is -0.339 e. The van der Waals surface area contributed by atoms with Gasteiger partial charge < -0.3 is 19.6 Å². The minimum atomic E-state index is -0.664. The van der Waals surface area contributed by atoms with Gasteiger partial charge in [0.15, 0.2) is 18.2 Å². The molecule has 30 heavy (non-hydrogen) atoms. The lowest BCUT2D eigenvalue weighted by Crippen LogP contribution is -2.64. The molecule has 0 radical (unpaired) electrons. The molecule has 9 nitrogen and oxygen atoms in total. The zero-order valence-corrected chi connectivity index (χ0v) is 17.0. The molecule has 2 saturated heterocycles. The predicted molar refractivity (Wildman–Crippen MR) is 107 cm³/mol. The first-order valence-electron chi connectivity index (χ1n) is 10.1. The van der Waals surface area contributed by atoms with Gasteiger partial charge in [0.05, 0.1) is 0 Å². The number of aliphatic imine (C=N–C) groups is 1. The monoisotopic (exact) mass is 416 g/mol. The Morgan fingerprint density at radius 1 is 1.17 bits per heavy atom. The number of hydrogen-bond acceptors (Lipinski definition) is 6. The average molecular weight is 416 g/mol. The van der Waals surface area contributed by atoms with Crippen LogP contribution < -0.4 is 5.32 Å². The Morgan fingerprint density at radius 2 is 1.83 bits per heavy atom. The van der Waals surface area contributed by atoms with Crippen LogP contribution in [0.3, 0.4) is 0 Å². The molecule has 3 aliphatic heterocycles. The summed E-state index contributed by atoms with van der Waals surface area (Å²) in [7, 11) is 1.61. The van der Waals surface area contributed by atoms with Crippen LogP contribution in [0.1, 0.15) is 18.9 Å². The topological polar surface area (TPSA) is 88.6 Å². The fourth-order valence-electron chi connectivity index (χ4n) is 4.11. The molecule has 2 unspecified atom stereocenters. The Labute approximate surface area is 174 Å². The van der Waals surface area contributed by atoms with Crippen molar-refractivity contribution >= 4 is 23.8 Å². The highest BCUT2D eigenvalue weighted by Gasteiger charge is 2.49. The summed E-state index contributed by atoms with van der Waals surface area (Å²) in [6.45, 7) is 4.52. The Hall–Kier alpha value is -3.17. The molecule has 10 heteroatoms. The fraction of sp³-hybridized carbons (Fsp3) is 0.500. The first-order chi connectivity index (χ1) is 14.4. The highest BCUT2D eigenvalue weighted by Crippen LogP contribution is 2.27. The van der Waals surface area contributed by atoms with Crippen molar-refractivity contribution in [2.45, 2.75) is 32.1 Å². The fourth-order valence-corrected chi connectivity index (χ4v) is 4.11. The van der Waals surface area contributed by atoms with Gasteiger partial charge in [0.25, 0.3) is 5.91 Å². The number of nitrogens with one attached hydrogen (secondary N) is 1. The number of benzene rings is 1. The second-order valence-electron chi connectivity index (χ2n) is 7.67. The summed E-state index contributed by atoms with van der Waals surface area (Å²) in [5, 5.41) is 2.38. The van der Waals surface area contributed by atoms with Crippen molar-refractivity contribution in [3.63, 3.8) is 0 Å². The molecule has 1 aromatic rings. The number of guanidine groups is 1. The van der Waals surface area contributed by atoms with E-state index in [4.69, 9.17) is 4.99 Å². The van der Waals surface area contributed by atoms with E-state index in [9.17, 15) is 18.8 Å². The maximum absolute atomic E-state index is 13.3. The van der Waals surface area contributed by atoms with Gasteiger partial charge in [-0.25, -0.2) is 14.2 Å². The van der Waals surface area contributed by atoms with E-state index in [0.717, 1.165) is 5.56 Å². The highest BCUT2D eigenvalue weighted by atomic mass is 19.1. The molecule has 2 fully saturated rings. The summed E-state index contributed by atoms with van der Waals surface area (Å²) < 4.78 is 13.3. The zero-order chi connectivity index (χ0) is 21.4. The Kier molecular flexibility index (Phi) is 5.31. The van der Waals surface area contributed by atoms with Crippen LogP contribution in [0.5, 0.6) is 0 Å². The third-order valence-electron chi connectivity index (χ3n) is 5.82. The van der Waals surface area contributed by atoms with Gasteiger partial charge in [0.1, 0.15) is 5.82 Å². The first kappa shape index (κ1) is 20.1. The summed E-state index contributed by atoms with van der Waals surface area (Å²) >= 11 is 0. The molecule has 0 aliphatic carbocycles. The van der Waals surface area contributed by atoms with Gasteiger partial charge in [-0.1, -0.05) is 19.1 Å². The van der Waals surface area contributed by atoms with Crippen molar-refractivity contribution in [1.29, 1.82) is 0 Å². The molecular formula is C20H25FN6O3. The number of fused-ring (bicyclic) bond motifs is 1. The van der Waals surface area contributed by atoms with Gasteiger partial charge in [0.2, 0.25) is 5.91 Å². The molecule has 160 valence electrons. The molecular weight excluding hydrogens is 391 g/mol. The molecule has 3 aliphatic rings. The van der Waals surface area contributed by atoms with Crippen LogP contribution >= 0.6 is 0 Å². The maximum atomic E-state index is 13.3. The summed E-state index contributed by atoms with van der Waals surface area (Å²) in [4.78, 5) is 48.7. The number of carbonyl (C=O) groups is 3. The molecule has 0 bridgehead atoms. The largest absolute Gasteiger partial charge is 0.339 e. The van der Waals surface area contributed by atoms with Gasteiger partial charge in [-0.05, 0) is 17.7 Å². The van der Waals surface area contributed by atoms with Crippen LogP contribution in [0.15, 0.2) is 29.3 Å². The third-order valence-corrected chi connectivity index (χ3v) is 5.82. The van der Waals surface area contributed by atoms with E-state index >= 15 is 0 Å². The van der Waals surface area contributed by atoms with E-state index < -0.39 is 24.1 Å². The summed E-state index contributed by atoms with van der Waals surface area (Å²) in [5.41, 5.74) is 0.830. The van der Waals surface area contributed by atoms with Crippen LogP contribution in [0.25, 0.3) is 0 Å². The first-order valence-corrected chi connectivity index (χ1v) is 10.1. The summed E-state index contributed by atoms with van der Waals surface area (Å²) in [5.74, 6) is 0.00679. The van der Waals surface area contributed by atoms with E-state index in [0.29, 0.717) is 45.1 Å². The predicted octanol–water partition coefficient (Wildman–Crippen LogP) is 0.428. The SMILES string of the molecule is CCC(=O)N1CCN(C2=NC3C(C(=O)NC(=O)N3C)N2Cc2ccc(F)cc2)CC1. The van der Waals surface area contributed by atoms with Crippen LogP contribution in [-0.2, 0) is 16.1 Å². The number of amides is 4. The van der Waals surface area contributed by atoms with Crippen LogP contribution in [0, 0.1) is 5.82 Å². The van der Waals surface area contributed by atoms with Crippen LogP contribution in [0.4, 0.5) is 9.18 Å². The van der Waals surface area contributed by atoms with Crippen molar-refractivity contribution in [3.05, 3.63) is 35.6 Å². The van der Waals surface area contributed by atoms with Gasteiger partial charge in [0, 0.05) is 46.2 Å². The molecule has 3 heterocycles. The molecule has 2 atom stereocenters. The number of halogens is 1. The van der Waals surface area contributed by atoms with Crippen molar-refractivity contribution < 1.29 is 18.8 Å². The van der Waals surface area contributed by atoms with Crippen LogP contribution in [-0.4, -0.2) is 88.8 Å². The molecule has 1 N–H and O–H groups in total. The van der Waals surface area contributed by atoms with E-state index in [1.54, 1.807) is 19.2 Å². The van der Waals surface area contributed by atoms with E-state index in [-0.39, 0.29) is 11.7 Å². The Balaban J connectivity index is 1.60. The number of nitrogens with zero attached hydrogens (tertiary/aromatic N) is 5. The number of urea groups is 1. The smallest absolute Gasteiger partial charge is 0.325 e. The van der Waals surface area contributed by atoms with Crippen molar-refractivity contribution in [2.75, 3.05) is 33.2 Å². The Morgan fingerprint density at radius 3 is 2.47 bits per heavy atom. The van der Waals surface area contributed by atoms with E-state index in [1.807, 2.05) is 21.6 Å². The number of carbonyl (C=O) groups excluding carboxylic acids is 3. The van der Waals surface area contributed by atoms with Crippen molar-refractivity contribution in [2.24, 2.45) is 4.99 Å². The maximum Gasteiger partial charge on any atom is 0.325 e. The number of rotatable bonds is 3. The van der Waals surface area contributed by atoms with Crippen molar-refractivity contribution in [3.8, 4) is 0 Å². The second kappa shape index (κ2) is 7.92. The quantitative estimate of drug-likeness (QED) is 0.772. The average Bonchev–Trinajstić information content (AvgIpc) is 3.13. The minimum absolute atomic E-state index is 0.115. The van der Waals surface area contributed by atoms with Crippen molar-refractivity contribution in [1.82, 2.24) is 24.9 Å². The number of piperazine rings is 1. The molecule has 0 aromatic heterocycles. The standard InChI is InChI=1S/C20H25FN6O3/c1-3-15(28)25-8-10-26(11-9-25)19-22-17-16(18(29)23-20(30)24(17)2)27(19)12-13-4-6-14(21)7-5-13/h4-7,16-17H,3,8-12H2,1-2H3,(H,23,29,30). The van der Waals surface area contributed by atoms with E-state index in [1.165, 1.54) is 17.0 Å². The second-order valence-corrected chi connectivity index (χ2v) is 7.67. The molecule has 0 saturated carbocycles. The summed E-state index contributed by atoms with van der Waals surface area (Å²) in [6.07, 6.45) is -0.161. The Bertz CT molecular complexity index is 881. The zero-order valence-electron chi connectivity index (χ0n) is 17.0. The lowest BCUT2D eigenvalue weighted by molar-refractivity contribution is -0.132. The number of hydrogen-bond donors (Lipinski definition) is 1. The molecule has 0 spiro atoms. The molecule has 4 amide bonds. The van der Waals surface area contributed by atoms with E-state index in [2.05, 4.69) is 5.32 Å². The number of imide groups is 1. The van der Waals surface area contributed by atoms with Crippen LogP contribution in [0.2, 0.25) is 0 Å². The van der Waals surface area contributed by atoms with Gasteiger partial charge in [-0.2, -0.15) is 0 Å². The molecule has 4 rings (SSSR count). The number of likely N-dealkylation sites (N-methyl/N-ethyl adjacent to an activating group) is 1. The molecule has 1 aromatic carbocycles. The lowest BCUT2D eigenvalue weighted by atomic mass is 10.1. The van der Waals surface area contributed by atoms with Gasteiger partial charge in [-0.15, -0.1) is 0 Å².